The molecule has 200 valence electrons. The van der Waals surface area contributed by atoms with E-state index in [4.69, 9.17) is 19.6 Å². The van der Waals surface area contributed by atoms with Gasteiger partial charge in [0.1, 0.15) is 6.33 Å². The summed E-state index contributed by atoms with van der Waals surface area (Å²) in [6.45, 7) is 9.61. The quantitative estimate of drug-likeness (QED) is 0.351. The Morgan fingerprint density at radius 2 is 1.95 bits per heavy atom. The molecule has 0 radical (unpaired) electrons. The van der Waals surface area contributed by atoms with Gasteiger partial charge in [0.05, 0.1) is 30.3 Å². The fourth-order valence-corrected chi connectivity index (χ4v) is 6.10. The molecule has 0 bridgehead atoms. The summed E-state index contributed by atoms with van der Waals surface area (Å²) in [5.41, 5.74) is 6.83. The van der Waals surface area contributed by atoms with E-state index in [-0.39, 0.29) is 5.92 Å². The zero-order valence-electron chi connectivity index (χ0n) is 22.7. The molecule has 1 saturated carbocycles. The van der Waals surface area contributed by atoms with Crippen molar-refractivity contribution in [3.05, 3.63) is 48.0 Å². The number of nitrogens with one attached hydrogen (secondary N) is 1. The van der Waals surface area contributed by atoms with Crippen LogP contribution in [0.5, 0.6) is 5.75 Å². The Hall–Kier alpha value is -3.30. The van der Waals surface area contributed by atoms with Crippen LogP contribution in [0.1, 0.15) is 69.4 Å². The van der Waals surface area contributed by atoms with Gasteiger partial charge in [0.2, 0.25) is 0 Å². The molecule has 0 amide bonds. The minimum Gasteiger partial charge on any atom is -0.493 e. The van der Waals surface area contributed by atoms with Crippen molar-refractivity contribution in [2.45, 2.75) is 70.4 Å². The van der Waals surface area contributed by atoms with E-state index in [0.29, 0.717) is 29.5 Å². The maximum Gasteiger partial charge on any atom is 0.197 e. The molecular weight excluding hydrogens is 478 g/mol. The summed E-state index contributed by atoms with van der Waals surface area (Å²) in [5, 5.41) is 12.3. The van der Waals surface area contributed by atoms with Crippen LogP contribution in [0.25, 0.3) is 28.3 Å². The molecule has 2 aliphatic rings. The smallest absolute Gasteiger partial charge is 0.197 e. The number of H-pyrrole nitrogens is 1. The summed E-state index contributed by atoms with van der Waals surface area (Å²) in [5.74, 6) is 1.48. The number of piperidine rings is 1. The zero-order valence-corrected chi connectivity index (χ0v) is 22.7. The van der Waals surface area contributed by atoms with Crippen molar-refractivity contribution in [3.8, 4) is 28.4 Å². The average molecular weight is 516 g/mol. The first-order chi connectivity index (χ1) is 18.6. The van der Waals surface area contributed by atoms with E-state index in [2.05, 4.69) is 59.2 Å². The van der Waals surface area contributed by atoms with Crippen LogP contribution in [0.2, 0.25) is 0 Å². The molecule has 38 heavy (non-hydrogen) atoms. The number of likely N-dealkylation sites (tertiary alicyclic amines) is 1. The molecule has 1 aliphatic carbocycles. The van der Waals surface area contributed by atoms with Gasteiger partial charge >= 0.3 is 0 Å². The zero-order chi connectivity index (χ0) is 26.2. The molecule has 4 aromatic rings. The van der Waals surface area contributed by atoms with E-state index in [1.807, 2.05) is 12.3 Å². The van der Waals surface area contributed by atoms with Gasteiger partial charge < -0.3 is 14.4 Å². The van der Waals surface area contributed by atoms with Gasteiger partial charge in [-0.15, -0.1) is 0 Å². The third-order valence-electron chi connectivity index (χ3n) is 8.25. The number of hydrogen-bond acceptors (Lipinski definition) is 7. The largest absolute Gasteiger partial charge is 0.493 e. The van der Waals surface area contributed by atoms with Crippen molar-refractivity contribution >= 4 is 5.65 Å². The Morgan fingerprint density at radius 3 is 2.63 bits per heavy atom. The normalized spacial score (nSPS) is 20.8. The van der Waals surface area contributed by atoms with Gasteiger partial charge in [-0.25, -0.2) is 9.50 Å². The van der Waals surface area contributed by atoms with Crippen LogP contribution in [0.4, 0.5) is 0 Å². The Balaban J connectivity index is 1.19. The summed E-state index contributed by atoms with van der Waals surface area (Å²) in [4.78, 5) is 11.9. The van der Waals surface area contributed by atoms with Gasteiger partial charge in [-0.3, -0.25) is 10.1 Å². The molecule has 1 N–H and O–H groups in total. The monoisotopic (exact) mass is 515 g/mol. The van der Waals surface area contributed by atoms with Crippen molar-refractivity contribution in [1.82, 2.24) is 34.7 Å². The number of nitrogens with zero attached hydrogens (tertiary/aromatic N) is 6. The molecule has 1 aliphatic heterocycles. The summed E-state index contributed by atoms with van der Waals surface area (Å²) in [6.07, 6.45) is 10.8. The average Bonchev–Trinajstić information content (AvgIpc) is 3.58. The number of methoxy groups -OCH3 is 1. The Kier molecular flexibility index (Phi) is 6.88. The minimum absolute atomic E-state index is 0.246. The number of ether oxygens (including phenoxy) is 2. The fourth-order valence-electron chi connectivity index (χ4n) is 6.10. The second kappa shape index (κ2) is 10.5. The van der Waals surface area contributed by atoms with Crippen LogP contribution in [0.3, 0.4) is 0 Å². The van der Waals surface area contributed by atoms with Gasteiger partial charge in [0.25, 0.3) is 0 Å². The van der Waals surface area contributed by atoms with Crippen LogP contribution >= 0.6 is 0 Å². The first-order valence-corrected chi connectivity index (χ1v) is 13.8. The molecule has 4 aromatic heterocycles. The lowest BCUT2D eigenvalue weighted by Gasteiger charge is -2.45. The minimum atomic E-state index is 0.246. The van der Waals surface area contributed by atoms with Crippen molar-refractivity contribution < 1.29 is 9.47 Å². The number of rotatable bonds is 8. The predicted octanol–water partition coefficient (Wildman–Crippen LogP) is 5.06. The van der Waals surface area contributed by atoms with Gasteiger partial charge in [-0.05, 0) is 75.2 Å². The van der Waals surface area contributed by atoms with Crippen molar-refractivity contribution in [2.24, 2.45) is 0 Å². The van der Waals surface area contributed by atoms with E-state index >= 15 is 0 Å². The second-order valence-electron chi connectivity index (χ2n) is 10.8. The predicted molar refractivity (Wildman–Crippen MR) is 146 cm³/mol. The molecule has 9 nitrogen and oxygen atoms in total. The van der Waals surface area contributed by atoms with Crippen LogP contribution in [-0.2, 0) is 4.74 Å². The van der Waals surface area contributed by atoms with E-state index < -0.39 is 0 Å². The standard InChI is InChI=1S/C29H37N7O2/c1-5-38-23-13-22(14-23)35-10-8-19(9-11-35)20-6-7-24(30-15-20)28-26(18(2)3)27(33-34-28)21-12-25(37-4)29-31-17-32-36(29)16-21/h6-7,12,15-19,22-23H,5,8-11,13-14H2,1-4H3,(H,33,34). The highest BCUT2D eigenvalue weighted by Gasteiger charge is 2.36. The number of fused-ring (bicyclic) bond motifs is 1. The highest BCUT2D eigenvalue weighted by Crippen LogP contribution is 2.38. The second-order valence-corrected chi connectivity index (χ2v) is 10.8. The topological polar surface area (TPSA) is 93.5 Å². The van der Waals surface area contributed by atoms with Gasteiger partial charge in [0, 0.05) is 36.2 Å². The Labute approximate surface area is 223 Å². The van der Waals surface area contributed by atoms with E-state index in [1.165, 1.54) is 37.6 Å². The maximum atomic E-state index is 5.76. The first kappa shape index (κ1) is 25.0. The first-order valence-electron chi connectivity index (χ1n) is 13.8. The Bertz CT molecular complexity index is 1380. The molecule has 9 heteroatoms. The van der Waals surface area contributed by atoms with E-state index in [1.54, 1.807) is 11.6 Å². The lowest BCUT2D eigenvalue weighted by atomic mass is 9.84. The van der Waals surface area contributed by atoms with Crippen LogP contribution in [-0.4, -0.2) is 73.6 Å². The molecule has 6 rings (SSSR count). The fraction of sp³-hybridized carbons (Fsp3) is 0.517. The molecule has 5 heterocycles. The number of hydrogen-bond donors (Lipinski definition) is 1. The number of aromatic nitrogens is 6. The van der Waals surface area contributed by atoms with E-state index in [9.17, 15) is 0 Å². The van der Waals surface area contributed by atoms with Gasteiger partial charge in [0.15, 0.2) is 11.4 Å². The van der Waals surface area contributed by atoms with Gasteiger partial charge in [-0.2, -0.15) is 10.2 Å². The van der Waals surface area contributed by atoms with Crippen LogP contribution in [0.15, 0.2) is 36.9 Å². The summed E-state index contributed by atoms with van der Waals surface area (Å²) in [6, 6.07) is 7.08. The molecule has 2 fully saturated rings. The van der Waals surface area contributed by atoms with Crippen molar-refractivity contribution in [3.63, 3.8) is 0 Å². The third-order valence-corrected chi connectivity index (χ3v) is 8.25. The van der Waals surface area contributed by atoms with Crippen LogP contribution in [0, 0.1) is 0 Å². The Morgan fingerprint density at radius 1 is 1.13 bits per heavy atom. The number of aromatic amines is 1. The highest BCUT2D eigenvalue weighted by molar-refractivity contribution is 5.75. The van der Waals surface area contributed by atoms with Crippen LogP contribution < -0.4 is 4.74 Å². The number of pyridine rings is 2. The summed E-state index contributed by atoms with van der Waals surface area (Å²) < 4.78 is 13.1. The maximum absolute atomic E-state index is 5.76. The summed E-state index contributed by atoms with van der Waals surface area (Å²) >= 11 is 0. The molecule has 0 aromatic carbocycles. The third kappa shape index (κ3) is 4.58. The highest BCUT2D eigenvalue weighted by atomic mass is 16.5. The van der Waals surface area contributed by atoms with E-state index in [0.717, 1.165) is 47.9 Å². The molecular formula is C29H37N7O2. The molecule has 0 spiro atoms. The van der Waals surface area contributed by atoms with Crippen molar-refractivity contribution in [2.75, 3.05) is 26.8 Å². The lowest BCUT2D eigenvalue weighted by molar-refractivity contribution is -0.0514. The molecule has 0 atom stereocenters. The van der Waals surface area contributed by atoms with Crippen molar-refractivity contribution in [1.29, 1.82) is 0 Å². The lowest BCUT2D eigenvalue weighted by Crippen LogP contribution is -2.50. The molecule has 0 unspecified atom stereocenters. The SMILES string of the molecule is CCOC1CC(N2CCC(c3ccc(-c4[nH]nc(-c5cc(OC)c6ncnn6c5)c4C(C)C)nc3)CC2)C1. The summed E-state index contributed by atoms with van der Waals surface area (Å²) in [7, 11) is 1.65. The molecule has 1 saturated heterocycles. The van der Waals surface area contributed by atoms with Gasteiger partial charge in [-0.1, -0.05) is 19.9 Å².